The summed E-state index contributed by atoms with van der Waals surface area (Å²) in [5, 5.41) is 6.45. The van der Waals surface area contributed by atoms with Crippen LogP contribution < -0.4 is 15.4 Å². The Morgan fingerprint density at radius 3 is 2.93 bits per heavy atom. The van der Waals surface area contributed by atoms with Crippen LogP contribution in [-0.2, 0) is 4.74 Å². The third kappa shape index (κ3) is 5.31. The second-order valence-corrected chi connectivity index (χ2v) is 7.96. The number of hydrogen-bond donors (Lipinski definition) is 2. The molecule has 1 fully saturated rings. The maximum Gasteiger partial charge on any atom is 0.254 e. The van der Waals surface area contributed by atoms with Gasteiger partial charge in [-0.05, 0) is 30.5 Å². The van der Waals surface area contributed by atoms with E-state index in [0.717, 1.165) is 6.42 Å². The molecule has 8 nitrogen and oxygen atoms in total. The fraction of sp³-hybridized carbons (Fsp3) is 0.476. The van der Waals surface area contributed by atoms with Crippen molar-refractivity contribution in [1.82, 2.24) is 14.9 Å². The Bertz CT molecular complexity index is 893. The highest BCUT2D eigenvalue weighted by atomic mass is 35.5. The Balaban J connectivity index is 1.75. The molecule has 3 rings (SSSR count). The molecule has 1 unspecified atom stereocenters. The monoisotopic (exact) mass is 433 g/mol. The molecule has 2 N–H and O–H groups in total. The third-order valence-electron chi connectivity index (χ3n) is 4.84. The van der Waals surface area contributed by atoms with Crippen molar-refractivity contribution in [2.45, 2.75) is 26.4 Å². The summed E-state index contributed by atoms with van der Waals surface area (Å²) < 4.78 is 11.3. The molecule has 1 aliphatic rings. The number of rotatable bonds is 7. The molecule has 162 valence electrons. The van der Waals surface area contributed by atoms with Gasteiger partial charge in [0.05, 0.1) is 31.7 Å². The van der Waals surface area contributed by atoms with E-state index in [2.05, 4.69) is 34.4 Å². The van der Waals surface area contributed by atoms with Crippen molar-refractivity contribution in [1.29, 1.82) is 0 Å². The van der Waals surface area contributed by atoms with Gasteiger partial charge >= 0.3 is 0 Å². The summed E-state index contributed by atoms with van der Waals surface area (Å²) in [6, 6.07) is 5.29. The lowest BCUT2D eigenvalue weighted by molar-refractivity contribution is -0.0298. The standard InChI is InChI=1S/C21H28ClN5O3/c1-13(2)9-15-12-27(7-8-30-15)20(28)14-5-6-17(18(10-14)29-4)25-21-24-11-16(22)19(23-3)26-21/h5-6,10-11,13,15H,7-9,12H2,1-4H3,(H2,23,24,25,26). The molecule has 1 aliphatic heterocycles. The van der Waals surface area contributed by atoms with E-state index in [0.29, 0.717) is 59.4 Å². The highest BCUT2D eigenvalue weighted by Crippen LogP contribution is 2.29. The van der Waals surface area contributed by atoms with E-state index in [-0.39, 0.29) is 12.0 Å². The zero-order valence-electron chi connectivity index (χ0n) is 17.7. The molecule has 30 heavy (non-hydrogen) atoms. The normalized spacial score (nSPS) is 16.5. The summed E-state index contributed by atoms with van der Waals surface area (Å²) in [6.45, 7) is 6.06. The number of amides is 1. The predicted octanol–water partition coefficient (Wildman–Crippen LogP) is 3.81. The molecule has 1 atom stereocenters. The van der Waals surface area contributed by atoms with Gasteiger partial charge in [0.1, 0.15) is 16.6 Å². The molecule has 1 aromatic carbocycles. The number of aromatic nitrogens is 2. The van der Waals surface area contributed by atoms with Crippen molar-refractivity contribution >= 4 is 35.0 Å². The summed E-state index contributed by atoms with van der Waals surface area (Å²) in [5.74, 6) is 1.90. The molecule has 1 saturated heterocycles. The first kappa shape index (κ1) is 22.1. The number of nitrogens with zero attached hydrogens (tertiary/aromatic N) is 3. The molecule has 0 aliphatic carbocycles. The van der Waals surface area contributed by atoms with E-state index in [4.69, 9.17) is 21.1 Å². The smallest absolute Gasteiger partial charge is 0.254 e. The van der Waals surface area contributed by atoms with Crippen LogP contribution in [-0.4, -0.2) is 60.7 Å². The second-order valence-electron chi connectivity index (χ2n) is 7.55. The number of halogens is 1. The van der Waals surface area contributed by atoms with E-state index in [9.17, 15) is 4.79 Å². The zero-order chi connectivity index (χ0) is 21.7. The first-order valence-corrected chi connectivity index (χ1v) is 10.3. The fourth-order valence-electron chi connectivity index (χ4n) is 3.41. The highest BCUT2D eigenvalue weighted by Gasteiger charge is 2.26. The molecule has 2 heterocycles. The van der Waals surface area contributed by atoms with Gasteiger partial charge in [0, 0.05) is 25.7 Å². The van der Waals surface area contributed by atoms with Gasteiger partial charge in [0.25, 0.3) is 5.91 Å². The van der Waals surface area contributed by atoms with Crippen LogP contribution in [0, 0.1) is 5.92 Å². The van der Waals surface area contributed by atoms with E-state index in [1.165, 1.54) is 6.20 Å². The number of methoxy groups -OCH3 is 1. The van der Waals surface area contributed by atoms with Gasteiger partial charge in [-0.3, -0.25) is 4.79 Å². The van der Waals surface area contributed by atoms with Crippen molar-refractivity contribution in [3.8, 4) is 5.75 Å². The molecule has 9 heteroatoms. The number of benzene rings is 1. The van der Waals surface area contributed by atoms with Gasteiger partial charge < -0.3 is 25.0 Å². The molecule has 0 radical (unpaired) electrons. The Kier molecular flexibility index (Phi) is 7.33. The first-order valence-electron chi connectivity index (χ1n) is 9.97. The number of morpholine rings is 1. The SMILES string of the molecule is CNc1nc(Nc2ccc(C(=O)N3CCOC(CC(C)C)C3)cc2OC)ncc1Cl. The molecular formula is C21H28ClN5O3. The average Bonchev–Trinajstić information content (AvgIpc) is 2.74. The van der Waals surface area contributed by atoms with Crippen molar-refractivity contribution in [2.75, 3.05) is 44.5 Å². The van der Waals surface area contributed by atoms with E-state index in [1.54, 1.807) is 32.4 Å². The number of anilines is 3. The maximum atomic E-state index is 13.0. The van der Waals surface area contributed by atoms with Crippen molar-refractivity contribution in [2.24, 2.45) is 5.92 Å². The number of ether oxygens (including phenoxy) is 2. The second kappa shape index (κ2) is 9.95. The van der Waals surface area contributed by atoms with Crippen LogP contribution in [0.25, 0.3) is 0 Å². The fourth-order valence-corrected chi connectivity index (χ4v) is 3.59. The van der Waals surface area contributed by atoms with Crippen LogP contribution in [0.1, 0.15) is 30.6 Å². The van der Waals surface area contributed by atoms with Gasteiger partial charge in [-0.25, -0.2) is 4.98 Å². The Labute approximate surface area is 181 Å². The van der Waals surface area contributed by atoms with Gasteiger partial charge in [-0.1, -0.05) is 25.4 Å². The predicted molar refractivity (Wildman–Crippen MR) is 118 cm³/mol. The van der Waals surface area contributed by atoms with Crippen LogP contribution in [0.3, 0.4) is 0 Å². The lowest BCUT2D eigenvalue weighted by Crippen LogP contribution is -2.46. The minimum Gasteiger partial charge on any atom is -0.495 e. The summed E-state index contributed by atoms with van der Waals surface area (Å²) in [4.78, 5) is 23.4. The third-order valence-corrected chi connectivity index (χ3v) is 5.11. The molecule has 0 bridgehead atoms. The summed E-state index contributed by atoms with van der Waals surface area (Å²) in [7, 11) is 3.29. The lowest BCUT2D eigenvalue weighted by Gasteiger charge is -2.34. The van der Waals surface area contributed by atoms with Gasteiger partial charge in [0.15, 0.2) is 0 Å². The van der Waals surface area contributed by atoms with E-state index in [1.807, 2.05) is 4.90 Å². The van der Waals surface area contributed by atoms with E-state index >= 15 is 0 Å². The van der Waals surface area contributed by atoms with Crippen molar-refractivity contribution in [3.05, 3.63) is 35.0 Å². The first-order chi connectivity index (χ1) is 14.4. The summed E-state index contributed by atoms with van der Waals surface area (Å²) >= 11 is 6.03. The van der Waals surface area contributed by atoms with Gasteiger partial charge in [-0.15, -0.1) is 0 Å². The minimum absolute atomic E-state index is 0.0304. The quantitative estimate of drug-likeness (QED) is 0.686. The number of nitrogens with one attached hydrogen (secondary N) is 2. The van der Waals surface area contributed by atoms with Gasteiger partial charge in [0.2, 0.25) is 5.95 Å². The molecule has 2 aromatic rings. The average molecular weight is 434 g/mol. The maximum absolute atomic E-state index is 13.0. The van der Waals surface area contributed by atoms with Gasteiger partial charge in [-0.2, -0.15) is 4.98 Å². The number of hydrogen-bond acceptors (Lipinski definition) is 7. The summed E-state index contributed by atoms with van der Waals surface area (Å²) in [5.41, 5.74) is 1.22. The number of carbonyl (C=O) groups is 1. The Morgan fingerprint density at radius 1 is 1.43 bits per heavy atom. The largest absolute Gasteiger partial charge is 0.495 e. The Morgan fingerprint density at radius 2 is 2.23 bits per heavy atom. The number of carbonyl (C=O) groups excluding carboxylic acids is 1. The molecule has 0 saturated carbocycles. The molecule has 1 aromatic heterocycles. The lowest BCUT2D eigenvalue weighted by atomic mass is 10.0. The van der Waals surface area contributed by atoms with Crippen LogP contribution in [0.5, 0.6) is 5.75 Å². The molecular weight excluding hydrogens is 406 g/mol. The van der Waals surface area contributed by atoms with Crippen LogP contribution in [0.2, 0.25) is 5.02 Å². The zero-order valence-corrected chi connectivity index (χ0v) is 18.5. The highest BCUT2D eigenvalue weighted by molar-refractivity contribution is 6.32. The molecule has 0 spiro atoms. The summed E-state index contributed by atoms with van der Waals surface area (Å²) in [6.07, 6.45) is 2.53. The van der Waals surface area contributed by atoms with Crippen LogP contribution in [0.15, 0.2) is 24.4 Å². The minimum atomic E-state index is -0.0304. The van der Waals surface area contributed by atoms with E-state index < -0.39 is 0 Å². The van der Waals surface area contributed by atoms with Crippen molar-refractivity contribution < 1.29 is 14.3 Å². The van der Waals surface area contributed by atoms with Crippen LogP contribution >= 0.6 is 11.6 Å². The molecule has 1 amide bonds. The van der Waals surface area contributed by atoms with Crippen molar-refractivity contribution in [3.63, 3.8) is 0 Å². The Hall–Kier alpha value is -2.58. The van der Waals surface area contributed by atoms with Crippen LogP contribution in [0.4, 0.5) is 17.5 Å². The topological polar surface area (TPSA) is 88.6 Å².